The number of benzene rings is 1. The van der Waals surface area contributed by atoms with E-state index in [0.29, 0.717) is 13.0 Å². The van der Waals surface area contributed by atoms with Crippen LogP contribution in [0.15, 0.2) is 30.3 Å². The quantitative estimate of drug-likeness (QED) is 0.425. The molecule has 0 heterocycles. The predicted molar refractivity (Wildman–Crippen MR) is 102 cm³/mol. The summed E-state index contributed by atoms with van der Waals surface area (Å²) in [6.45, 7) is 9.42. The number of carbonyl (C=O) groups is 1. The zero-order chi connectivity index (χ0) is 20.4. The summed E-state index contributed by atoms with van der Waals surface area (Å²) in [4.78, 5) is 12.1. The van der Waals surface area contributed by atoms with Crippen molar-refractivity contribution in [1.82, 2.24) is 5.32 Å². The van der Waals surface area contributed by atoms with Crippen LogP contribution in [0.3, 0.4) is 0 Å². The fraction of sp³-hybridized carbons (Fsp3) is 0.650. The topological polar surface area (TPSA) is 97.3 Å². The third kappa shape index (κ3) is 10.3. The molecule has 0 radical (unpaired) electrons. The van der Waals surface area contributed by atoms with Crippen LogP contribution >= 0.6 is 0 Å². The van der Waals surface area contributed by atoms with Crippen LogP contribution < -0.4 is 5.32 Å². The summed E-state index contributed by atoms with van der Waals surface area (Å²) in [7, 11) is 0. The van der Waals surface area contributed by atoms with Gasteiger partial charge in [0.25, 0.3) is 0 Å². The van der Waals surface area contributed by atoms with Gasteiger partial charge in [0.1, 0.15) is 18.5 Å². The zero-order valence-electron chi connectivity index (χ0n) is 16.8. The van der Waals surface area contributed by atoms with Gasteiger partial charge in [-0.25, -0.2) is 4.79 Å². The smallest absolute Gasteiger partial charge is 0.407 e. The van der Waals surface area contributed by atoms with Crippen molar-refractivity contribution in [2.45, 2.75) is 71.7 Å². The van der Waals surface area contributed by atoms with Crippen LogP contribution in [0.4, 0.5) is 4.79 Å². The number of carbonyl (C=O) groups excluding carboxylic acids is 1. The molecule has 3 N–H and O–H groups in total. The first-order valence-corrected chi connectivity index (χ1v) is 9.17. The second-order valence-electron chi connectivity index (χ2n) is 7.88. The molecule has 1 aromatic carbocycles. The molecule has 0 saturated heterocycles. The molecule has 1 aromatic rings. The predicted octanol–water partition coefficient (Wildman–Crippen LogP) is 2.80. The maximum atomic E-state index is 12.1. The Balaban J connectivity index is 2.64. The molecule has 1 amide bonds. The molecular formula is C20H33NO6. The Morgan fingerprint density at radius 2 is 1.78 bits per heavy atom. The summed E-state index contributed by atoms with van der Waals surface area (Å²) in [6, 6.07) is 8.93. The van der Waals surface area contributed by atoms with E-state index >= 15 is 0 Å². The van der Waals surface area contributed by atoms with Crippen LogP contribution in [-0.4, -0.2) is 47.1 Å². The molecule has 0 aromatic heterocycles. The van der Waals surface area contributed by atoms with Crippen LogP contribution in [-0.2, 0) is 20.8 Å². The molecule has 0 saturated carbocycles. The van der Waals surface area contributed by atoms with E-state index in [9.17, 15) is 15.0 Å². The van der Waals surface area contributed by atoms with E-state index in [1.165, 1.54) is 0 Å². The highest BCUT2D eigenvalue weighted by Gasteiger charge is 2.31. The van der Waals surface area contributed by atoms with Gasteiger partial charge in [-0.15, -0.1) is 0 Å². The van der Waals surface area contributed by atoms with Crippen molar-refractivity contribution in [3.63, 3.8) is 0 Å². The van der Waals surface area contributed by atoms with Gasteiger partial charge >= 0.3 is 6.09 Å². The molecule has 0 spiro atoms. The molecule has 154 valence electrons. The van der Waals surface area contributed by atoms with Crippen molar-refractivity contribution in [2.24, 2.45) is 5.92 Å². The molecule has 27 heavy (non-hydrogen) atoms. The molecule has 0 unspecified atom stereocenters. The Labute approximate surface area is 161 Å². The molecule has 0 fully saturated rings. The summed E-state index contributed by atoms with van der Waals surface area (Å²) >= 11 is 0. The van der Waals surface area contributed by atoms with E-state index in [1.54, 1.807) is 20.8 Å². The number of rotatable bonds is 10. The van der Waals surface area contributed by atoms with Gasteiger partial charge in [0.15, 0.2) is 6.29 Å². The van der Waals surface area contributed by atoms with Gasteiger partial charge in [-0.05, 0) is 38.7 Å². The van der Waals surface area contributed by atoms with Crippen LogP contribution in [0.25, 0.3) is 0 Å². The Bertz CT molecular complexity index is 541. The Kier molecular flexibility index (Phi) is 9.73. The number of amides is 1. The highest BCUT2D eigenvalue weighted by Crippen LogP contribution is 2.16. The average Bonchev–Trinajstić information content (AvgIpc) is 2.52. The highest BCUT2D eigenvalue weighted by molar-refractivity contribution is 5.68. The number of aliphatic hydroxyl groups is 2. The van der Waals surface area contributed by atoms with Crippen molar-refractivity contribution < 1.29 is 29.2 Å². The number of alkyl carbamates (subject to hydrolysis) is 1. The lowest BCUT2D eigenvalue weighted by Gasteiger charge is -2.31. The van der Waals surface area contributed by atoms with E-state index in [4.69, 9.17) is 14.2 Å². The van der Waals surface area contributed by atoms with E-state index < -0.39 is 30.1 Å². The summed E-state index contributed by atoms with van der Waals surface area (Å²) in [5.74, 6) is 0.194. The molecular weight excluding hydrogens is 350 g/mol. The number of aliphatic hydroxyl groups excluding tert-OH is 1. The van der Waals surface area contributed by atoms with E-state index in [0.717, 1.165) is 5.56 Å². The molecule has 0 bridgehead atoms. The van der Waals surface area contributed by atoms with Gasteiger partial charge in [-0.1, -0.05) is 44.2 Å². The summed E-state index contributed by atoms with van der Waals surface area (Å²) < 4.78 is 16.2. The maximum absolute atomic E-state index is 12.1. The molecule has 7 nitrogen and oxygen atoms in total. The second kappa shape index (κ2) is 11.2. The van der Waals surface area contributed by atoms with Crippen LogP contribution in [0.1, 0.15) is 46.6 Å². The van der Waals surface area contributed by atoms with E-state index in [2.05, 4.69) is 5.32 Å². The van der Waals surface area contributed by atoms with E-state index in [-0.39, 0.29) is 12.7 Å². The van der Waals surface area contributed by atoms with Gasteiger partial charge in [0, 0.05) is 0 Å². The minimum absolute atomic E-state index is 0.137. The molecule has 7 heteroatoms. The monoisotopic (exact) mass is 383 g/mol. The van der Waals surface area contributed by atoms with Gasteiger partial charge in [0.2, 0.25) is 0 Å². The fourth-order valence-electron chi connectivity index (χ4n) is 2.51. The normalized spacial score (nSPS) is 14.3. The van der Waals surface area contributed by atoms with E-state index in [1.807, 2.05) is 44.2 Å². The van der Waals surface area contributed by atoms with Crippen molar-refractivity contribution in [3.05, 3.63) is 35.9 Å². The van der Waals surface area contributed by atoms with Crippen molar-refractivity contribution in [2.75, 3.05) is 6.79 Å². The lowest BCUT2D eigenvalue weighted by molar-refractivity contribution is -0.195. The number of hydrogen-bond acceptors (Lipinski definition) is 6. The number of ether oxygens (including phenoxy) is 3. The minimum Gasteiger partial charge on any atom is -0.444 e. The molecule has 0 aliphatic carbocycles. The highest BCUT2D eigenvalue weighted by atomic mass is 16.7. The second-order valence-corrected chi connectivity index (χ2v) is 7.88. The van der Waals surface area contributed by atoms with Crippen LogP contribution in [0, 0.1) is 5.92 Å². The minimum atomic E-state index is -1.77. The Morgan fingerprint density at radius 1 is 1.15 bits per heavy atom. The summed E-state index contributed by atoms with van der Waals surface area (Å²) in [5.41, 5.74) is 0.326. The third-order valence-electron chi connectivity index (χ3n) is 3.57. The lowest BCUT2D eigenvalue weighted by Crippen LogP contribution is -2.51. The molecule has 0 aliphatic heterocycles. The average molecular weight is 383 g/mol. The SMILES string of the molecule is CC(C)C[C@H](NC(=O)OC(C)(C)C)[C@H](OCOCc1ccccc1)C(O)O. The first-order valence-electron chi connectivity index (χ1n) is 9.17. The van der Waals surface area contributed by atoms with Crippen molar-refractivity contribution >= 4 is 6.09 Å². The Hall–Kier alpha value is -1.67. The standard InChI is InChI=1S/C20H33NO6/c1-14(2)11-16(21-19(24)27-20(3,4)5)17(18(22)23)26-13-25-12-15-9-7-6-8-10-15/h6-10,14,16-18,22-23H,11-13H2,1-5H3,(H,21,24)/t16-,17-/m0/s1. The Morgan fingerprint density at radius 3 is 2.30 bits per heavy atom. The lowest BCUT2D eigenvalue weighted by atomic mass is 9.99. The van der Waals surface area contributed by atoms with Crippen LogP contribution in [0.5, 0.6) is 0 Å². The van der Waals surface area contributed by atoms with Gasteiger partial charge in [0.05, 0.1) is 12.6 Å². The number of nitrogens with one attached hydrogen (secondary N) is 1. The molecule has 1 rings (SSSR count). The van der Waals surface area contributed by atoms with Crippen molar-refractivity contribution in [1.29, 1.82) is 0 Å². The van der Waals surface area contributed by atoms with Crippen molar-refractivity contribution in [3.8, 4) is 0 Å². The first-order chi connectivity index (χ1) is 12.6. The maximum Gasteiger partial charge on any atom is 0.407 e. The van der Waals surface area contributed by atoms with Gasteiger partial charge in [-0.3, -0.25) is 0 Å². The summed E-state index contributed by atoms with van der Waals surface area (Å²) in [6.07, 6.45) is -2.97. The molecule has 2 atom stereocenters. The van der Waals surface area contributed by atoms with Gasteiger partial charge < -0.3 is 29.7 Å². The molecule has 0 aliphatic rings. The first kappa shape index (κ1) is 23.4. The largest absolute Gasteiger partial charge is 0.444 e. The van der Waals surface area contributed by atoms with Gasteiger partial charge in [-0.2, -0.15) is 0 Å². The van der Waals surface area contributed by atoms with Crippen LogP contribution in [0.2, 0.25) is 0 Å². The zero-order valence-corrected chi connectivity index (χ0v) is 16.8. The number of hydrogen-bond donors (Lipinski definition) is 3. The third-order valence-corrected chi connectivity index (χ3v) is 3.57. The summed E-state index contributed by atoms with van der Waals surface area (Å²) in [5, 5.41) is 22.2. The fourth-order valence-corrected chi connectivity index (χ4v) is 2.51.